The number of carbonyl (C=O) groups is 1. The Balaban J connectivity index is 1.89. The number of anilines is 1. The summed E-state index contributed by atoms with van der Waals surface area (Å²) in [5.74, 6) is 0. The smallest absolute Gasteiger partial charge is 0.319 e. The van der Waals surface area contributed by atoms with Gasteiger partial charge in [-0.1, -0.05) is 32.1 Å². The van der Waals surface area contributed by atoms with E-state index in [-0.39, 0.29) is 23.0 Å². The number of methoxy groups -OCH3 is 1. The average Bonchev–Trinajstić information content (AvgIpc) is 2.57. The van der Waals surface area contributed by atoms with Gasteiger partial charge in [-0.2, -0.15) is 0 Å². The molecule has 1 aliphatic carbocycles. The van der Waals surface area contributed by atoms with Gasteiger partial charge in [-0.25, -0.2) is 17.9 Å². The van der Waals surface area contributed by atoms with Crippen LogP contribution in [-0.2, 0) is 14.8 Å². The average molecular weight is 398 g/mol. The zero-order chi connectivity index (χ0) is 19.7. The van der Waals surface area contributed by atoms with Crippen LogP contribution in [0.4, 0.5) is 10.5 Å². The lowest BCUT2D eigenvalue weighted by atomic mass is 9.97. The fourth-order valence-electron chi connectivity index (χ4n) is 3.29. The fraction of sp³-hybridized carbons (Fsp3) is 0.632. The Labute approximate surface area is 162 Å². The van der Waals surface area contributed by atoms with Crippen LogP contribution in [0.2, 0.25) is 0 Å². The van der Waals surface area contributed by atoms with Crippen LogP contribution in [0.5, 0.6) is 0 Å². The second-order valence-electron chi connectivity index (χ2n) is 7.14. The van der Waals surface area contributed by atoms with Crippen molar-refractivity contribution < 1.29 is 17.9 Å². The molecule has 2 amide bonds. The summed E-state index contributed by atoms with van der Waals surface area (Å²) in [4.78, 5) is 12.4. The molecule has 7 nitrogen and oxygen atoms in total. The second kappa shape index (κ2) is 10.6. The zero-order valence-corrected chi connectivity index (χ0v) is 17.0. The normalized spacial score (nSPS) is 17.6. The molecule has 0 heterocycles. The Hall–Kier alpha value is -1.64. The number of ether oxygens (including phenoxy) is 1. The number of carbonyl (C=O) groups excluding carboxylic acids is 1. The molecule has 0 aliphatic heterocycles. The van der Waals surface area contributed by atoms with Crippen molar-refractivity contribution in [2.24, 2.45) is 0 Å². The second-order valence-corrected chi connectivity index (χ2v) is 8.86. The lowest BCUT2D eigenvalue weighted by Gasteiger charge is -2.21. The molecule has 0 aromatic heterocycles. The summed E-state index contributed by atoms with van der Waals surface area (Å²) in [6.07, 6.45) is 8.05. The van der Waals surface area contributed by atoms with E-state index in [1.54, 1.807) is 19.1 Å². The topological polar surface area (TPSA) is 96.5 Å². The van der Waals surface area contributed by atoms with Crippen LogP contribution < -0.4 is 15.4 Å². The maximum Gasteiger partial charge on any atom is 0.319 e. The third kappa shape index (κ3) is 7.48. The maximum absolute atomic E-state index is 12.3. The minimum absolute atomic E-state index is 0.149. The highest BCUT2D eigenvalue weighted by molar-refractivity contribution is 7.89. The minimum atomic E-state index is -3.62. The first-order valence-corrected chi connectivity index (χ1v) is 11.1. The predicted molar refractivity (Wildman–Crippen MR) is 106 cm³/mol. The molecule has 1 aromatic carbocycles. The van der Waals surface area contributed by atoms with Gasteiger partial charge in [-0.3, -0.25) is 0 Å². The van der Waals surface area contributed by atoms with Crippen molar-refractivity contribution in [3.63, 3.8) is 0 Å². The Morgan fingerprint density at radius 3 is 2.30 bits per heavy atom. The minimum Gasteiger partial charge on any atom is -0.383 e. The van der Waals surface area contributed by atoms with E-state index >= 15 is 0 Å². The van der Waals surface area contributed by atoms with E-state index in [0.29, 0.717) is 12.3 Å². The highest BCUT2D eigenvalue weighted by Gasteiger charge is 2.18. The first-order valence-electron chi connectivity index (χ1n) is 9.59. The van der Waals surface area contributed by atoms with E-state index in [9.17, 15) is 13.2 Å². The largest absolute Gasteiger partial charge is 0.383 e. The van der Waals surface area contributed by atoms with Gasteiger partial charge in [-0.05, 0) is 44.0 Å². The highest BCUT2D eigenvalue weighted by Crippen LogP contribution is 2.18. The van der Waals surface area contributed by atoms with Gasteiger partial charge in [0.25, 0.3) is 0 Å². The van der Waals surface area contributed by atoms with Crippen molar-refractivity contribution in [2.75, 3.05) is 19.0 Å². The van der Waals surface area contributed by atoms with Crippen molar-refractivity contribution in [2.45, 2.75) is 68.8 Å². The van der Waals surface area contributed by atoms with Gasteiger partial charge in [0.05, 0.1) is 11.5 Å². The SMILES string of the molecule is COC[C@@H](C)NS(=O)(=O)c1ccc(NC(=O)NC2CCCCCCC2)cc1. The Kier molecular flexibility index (Phi) is 8.53. The molecule has 2 rings (SSSR count). The van der Waals surface area contributed by atoms with Gasteiger partial charge in [-0.15, -0.1) is 0 Å². The lowest BCUT2D eigenvalue weighted by Crippen LogP contribution is -2.38. The molecule has 0 radical (unpaired) electrons. The molecule has 1 saturated carbocycles. The summed E-state index contributed by atoms with van der Waals surface area (Å²) < 4.78 is 32.1. The number of sulfonamides is 1. The Morgan fingerprint density at radius 1 is 1.11 bits per heavy atom. The number of benzene rings is 1. The summed E-state index contributed by atoms with van der Waals surface area (Å²) in [6.45, 7) is 2.02. The highest BCUT2D eigenvalue weighted by atomic mass is 32.2. The van der Waals surface area contributed by atoms with Crippen molar-refractivity contribution >= 4 is 21.7 Å². The van der Waals surface area contributed by atoms with Crippen LogP contribution in [0, 0.1) is 0 Å². The molecule has 3 N–H and O–H groups in total. The van der Waals surface area contributed by atoms with E-state index in [0.717, 1.165) is 25.7 Å². The van der Waals surface area contributed by atoms with Gasteiger partial charge >= 0.3 is 6.03 Å². The fourth-order valence-corrected chi connectivity index (χ4v) is 4.52. The third-order valence-electron chi connectivity index (χ3n) is 4.64. The summed E-state index contributed by atoms with van der Waals surface area (Å²) in [5, 5.41) is 5.81. The monoisotopic (exact) mass is 397 g/mol. The van der Waals surface area contributed by atoms with Crippen molar-refractivity contribution in [1.82, 2.24) is 10.0 Å². The summed E-state index contributed by atoms with van der Waals surface area (Å²) in [7, 11) is -2.09. The van der Waals surface area contributed by atoms with Gasteiger partial charge in [0, 0.05) is 24.9 Å². The van der Waals surface area contributed by atoms with Gasteiger partial charge in [0.2, 0.25) is 10.0 Å². The molecule has 1 aromatic rings. The van der Waals surface area contributed by atoms with E-state index in [1.165, 1.54) is 38.5 Å². The predicted octanol–water partition coefficient (Wildman–Crippen LogP) is 3.23. The van der Waals surface area contributed by atoms with Crippen LogP contribution in [-0.4, -0.2) is 40.2 Å². The Morgan fingerprint density at radius 2 is 1.70 bits per heavy atom. The zero-order valence-electron chi connectivity index (χ0n) is 16.2. The van der Waals surface area contributed by atoms with E-state index in [2.05, 4.69) is 15.4 Å². The molecule has 1 atom stereocenters. The van der Waals surface area contributed by atoms with Gasteiger partial charge < -0.3 is 15.4 Å². The van der Waals surface area contributed by atoms with E-state index in [4.69, 9.17) is 4.74 Å². The van der Waals surface area contributed by atoms with Crippen LogP contribution in [0.3, 0.4) is 0 Å². The van der Waals surface area contributed by atoms with Crippen molar-refractivity contribution in [1.29, 1.82) is 0 Å². The standard InChI is InChI=1S/C19H31N3O4S/c1-15(14-26-2)22-27(24,25)18-12-10-17(11-13-18)21-19(23)20-16-8-6-4-3-5-7-9-16/h10-13,15-16,22H,3-9,14H2,1-2H3,(H2,20,21,23)/t15-/m1/s1. The number of rotatable bonds is 7. The third-order valence-corrected chi connectivity index (χ3v) is 6.24. The molecule has 152 valence electrons. The first-order chi connectivity index (χ1) is 12.9. The molecular weight excluding hydrogens is 366 g/mol. The molecule has 27 heavy (non-hydrogen) atoms. The van der Waals surface area contributed by atoms with Crippen molar-refractivity contribution in [3.8, 4) is 0 Å². The number of urea groups is 1. The van der Waals surface area contributed by atoms with Crippen LogP contribution in [0.25, 0.3) is 0 Å². The molecule has 0 unspecified atom stereocenters. The molecule has 0 bridgehead atoms. The molecule has 1 aliphatic rings. The van der Waals surface area contributed by atoms with Gasteiger partial charge in [0.1, 0.15) is 0 Å². The van der Waals surface area contributed by atoms with Crippen LogP contribution in [0.1, 0.15) is 51.9 Å². The number of nitrogens with one attached hydrogen (secondary N) is 3. The molecule has 1 fully saturated rings. The number of amides is 2. The van der Waals surface area contributed by atoms with E-state index in [1.807, 2.05) is 0 Å². The summed E-state index contributed by atoms with van der Waals surface area (Å²) in [6, 6.07) is 5.77. The van der Waals surface area contributed by atoms with E-state index < -0.39 is 10.0 Å². The van der Waals surface area contributed by atoms with Gasteiger partial charge in [0.15, 0.2) is 0 Å². The summed E-state index contributed by atoms with van der Waals surface area (Å²) in [5.41, 5.74) is 0.558. The maximum atomic E-state index is 12.3. The first kappa shape index (κ1) is 21.7. The molecule has 0 saturated heterocycles. The van der Waals surface area contributed by atoms with Crippen LogP contribution in [0.15, 0.2) is 29.2 Å². The molecule has 8 heteroatoms. The quantitative estimate of drug-likeness (QED) is 0.658. The molecular formula is C19H31N3O4S. The Bertz CT molecular complexity index is 683. The summed E-state index contributed by atoms with van der Waals surface area (Å²) >= 11 is 0. The van der Waals surface area contributed by atoms with Crippen LogP contribution >= 0.6 is 0 Å². The van der Waals surface area contributed by atoms with Crippen molar-refractivity contribution in [3.05, 3.63) is 24.3 Å². The number of hydrogen-bond donors (Lipinski definition) is 3. The molecule has 0 spiro atoms. The lowest BCUT2D eigenvalue weighted by molar-refractivity contribution is 0.180. The number of hydrogen-bond acceptors (Lipinski definition) is 4.